The molecular weight excluding hydrogens is 558 g/mol. The summed E-state index contributed by atoms with van der Waals surface area (Å²) in [4.78, 5) is 14.6. The van der Waals surface area contributed by atoms with E-state index >= 15 is 0 Å². The Labute approximate surface area is 247 Å². The number of hydrogen-bond acceptors (Lipinski definition) is 6. The molecule has 0 fully saturated rings. The number of halogens is 1. The Hall–Kier alpha value is -3.49. The molecule has 0 aromatic heterocycles. The van der Waals surface area contributed by atoms with Crippen molar-refractivity contribution in [1.29, 1.82) is 0 Å². The third-order valence-electron chi connectivity index (χ3n) is 6.87. The fourth-order valence-corrected chi connectivity index (χ4v) is 6.18. The molecule has 4 rings (SSSR count). The maximum absolute atomic E-state index is 13.3. The van der Waals surface area contributed by atoms with Crippen molar-refractivity contribution in [3.8, 4) is 0 Å². The van der Waals surface area contributed by atoms with Gasteiger partial charge in [0.15, 0.2) is 0 Å². The number of ether oxygens (including phenoxy) is 1. The van der Waals surface area contributed by atoms with Gasteiger partial charge in [-0.1, -0.05) is 66.2 Å². The molecule has 8 heteroatoms. The Morgan fingerprint density at radius 1 is 0.902 bits per heavy atom. The number of aryl methyl sites for hydroxylation is 1. The van der Waals surface area contributed by atoms with E-state index in [0.717, 1.165) is 16.7 Å². The average molecular weight is 592 g/mol. The molecule has 41 heavy (non-hydrogen) atoms. The van der Waals surface area contributed by atoms with Gasteiger partial charge >= 0.3 is 5.97 Å². The van der Waals surface area contributed by atoms with Crippen molar-refractivity contribution in [3.63, 3.8) is 0 Å². The van der Waals surface area contributed by atoms with Gasteiger partial charge in [-0.2, -0.15) is 0 Å². The summed E-state index contributed by atoms with van der Waals surface area (Å²) < 4.78 is 31.6. The second kappa shape index (κ2) is 13.9. The van der Waals surface area contributed by atoms with Crippen molar-refractivity contribution in [3.05, 3.63) is 130 Å². The zero-order chi connectivity index (χ0) is 29.4. The molecule has 0 radical (unpaired) electrons. The minimum atomic E-state index is -3.76. The van der Waals surface area contributed by atoms with Gasteiger partial charge in [0.05, 0.1) is 28.1 Å². The highest BCUT2D eigenvalue weighted by atomic mass is 35.5. The monoisotopic (exact) mass is 591 g/mol. The van der Waals surface area contributed by atoms with Crippen LogP contribution in [-0.2, 0) is 27.5 Å². The highest BCUT2D eigenvalue weighted by molar-refractivity contribution is 7.91. The number of esters is 1. The first-order chi connectivity index (χ1) is 19.7. The van der Waals surface area contributed by atoms with E-state index in [2.05, 4.69) is 17.0 Å². The van der Waals surface area contributed by atoms with Crippen molar-refractivity contribution in [1.82, 2.24) is 4.90 Å². The number of carbonyl (C=O) groups is 1. The molecule has 0 heterocycles. The molecule has 0 bridgehead atoms. The predicted octanol–water partition coefficient (Wildman–Crippen LogP) is 6.44. The summed E-state index contributed by atoms with van der Waals surface area (Å²) in [6, 6.07) is 28.6. The standard InChI is InChI=1S/C33H34ClNO5S/c1-3-40-33(37)31-17-16-30(20-24(31)2)41(38,39)29-14-12-25(13-15-29)18-19-35(22-26-8-5-4-6-9-26)23-32(36)27-10-7-11-28(34)21-27/h4-17,20-21,32,36H,3,18-19,22-23H2,1-2H3/t32-/m0/s1. The van der Waals surface area contributed by atoms with Crippen LogP contribution in [-0.4, -0.2) is 44.1 Å². The van der Waals surface area contributed by atoms with Crippen LogP contribution >= 0.6 is 11.6 Å². The molecular formula is C33H34ClNO5S. The Bertz CT molecular complexity index is 1570. The van der Waals surface area contributed by atoms with Gasteiger partial charge in [0.1, 0.15) is 0 Å². The van der Waals surface area contributed by atoms with Gasteiger partial charge in [-0.15, -0.1) is 0 Å². The average Bonchev–Trinajstić information content (AvgIpc) is 2.96. The number of aliphatic hydroxyl groups excluding tert-OH is 1. The summed E-state index contributed by atoms with van der Waals surface area (Å²) in [5.74, 6) is -0.473. The molecule has 0 amide bonds. The van der Waals surface area contributed by atoms with Crippen molar-refractivity contribution in [2.45, 2.75) is 42.7 Å². The van der Waals surface area contributed by atoms with E-state index in [9.17, 15) is 18.3 Å². The Balaban J connectivity index is 1.46. The minimum Gasteiger partial charge on any atom is -0.462 e. The fourth-order valence-electron chi connectivity index (χ4n) is 4.64. The Kier molecular flexibility index (Phi) is 10.3. The SMILES string of the molecule is CCOC(=O)c1ccc(S(=O)(=O)c2ccc(CCN(Cc3ccccc3)C[C@H](O)c3cccc(Cl)c3)cc2)cc1C. The van der Waals surface area contributed by atoms with Crippen LogP contribution in [0.2, 0.25) is 5.02 Å². The maximum Gasteiger partial charge on any atom is 0.338 e. The summed E-state index contributed by atoms with van der Waals surface area (Å²) in [7, 11) is -3.76. The molecule has 0 aliphatic heterocycles. The second-order valence-corrected chi connectivity index (χ2v) is 12.3. The lowest BCUT2D eigenvalue weighted by Crippen LogP contribution is -2.30. The van der Waals surface area contributed by atoms with Crippen molar-refractivity contribution in [2.24, 2.45) is 0 Å². The first kappa shape index (κ1) is 30.5. The number of benzene rings is 4. The zero-order valence-electron chi connectivity index (χ0n) is 23.2. The van der Waals surface area contributed by atoms with E-state index in [1.54, 1.807) is 38.1 Å². The summed E-state index contributed by atoms with van der Waals surface area (Å²) in [5, 5.41) is 11.5. The Morgan fingerprint density at radius 2 is 1.61 bits per heavy atom. The molecule has 4 aromatic rings. The van der Waals surface area contributed by atoms with Crippen LogP contribution in [0.25, 0.3) is 0 Å². The molecule has 0 aliphatic carbocycles. The highest BCUT2D eigenvalue weighted by Gasteiger charge is 2.21. The van der Waals surface area contributed by atoms with Gasteiger partial charge in [-0.05, 0) is 85.0 Å². The molecule has 1 N–H and O–H groups in total. The van der Waals surface area contributed by atoms with Gasteiger partial charge in [0.25, 0.3) is 0 Å². The van der Waals surface area contributed by atoms with Crippen molar-refractivity contribution < 1.29 is 23.1 Å². The predicted molar refractivity (Wildman–Crippen MR) is 161 cm³/mol. The molecule has 4 aromatic carbocycles. The summed E-state index contributed by atoms with van der Waals surface area (Å²) in [6.07, 6.45) is -0.0356. The molecule has 0 saturated heterocycles. The first-order valence-electron chi connectivity index (χ1n) is 13.5. The molecule has 0 aliphatic rings. The number of hydrogen-bond donors (Lipinski definition) is 1. The number of carbonyl (C=O) groups excluding carboxylic acids is 1. The van der Waals surface area contributed by atoms with Crippen LogP contribution in [0.5, 0.6) is 0 Å². The molecule has 0 saturated carbocycles. The molecule has 214 valence electrons. The van der Waals surface area contributed by atoms with Crippen molar-refractivity contribution >= 4 is 27.4 Å². The van der Waals surface area contributed by atoms with E-state index in [4.69, 9.17) is 16.3 Å². The van der Waals surface area contributed by atoms with Gasteiger partial charge in [0, 0.05) is 24.7 Å². The second-order valence-electron chi connectivity index (χ2n) is 9.89. The number of nitrogens with zero attached hydrogens (tertiary/aromatic N) is 1. The molecule has 1 atom stereocenters. The van der Waals surface area contributed by atoms with E-state index in [1.807, 2.05) is 42.5 Å². The lowest BCUT2D eigenvalue weighted by atomic mass is 10.1. The fraction of sp³-hybridized carbons (Fsp3) is 0.242. The van der Waals surface area contributed by atoms with Crippen LogP contribution in [0.15, 0.2) is 107 Å². The largest absolute Gasteiger partial charge is 0.462 e. The van der Waals surface area contributed by atoms with Gasteiger partial charge in [-0.25, -0.2) is 13.2 Å². The normalized spacial score (nSPS) is 12.3. The van der Waals surface area contributed by atoms with Crippen molar-refractivity contribution in [2.75, 3.05) is 19.7 Å². The van der Waals surface area contributed by atoms with Gasteiger partial charge in [0.2, 0.25) is 9.84 Å². The van der Waals surface area contributed by atoms with E-state index < -0.39 is 21.9 Å². The quantitative estimate of drug-likeness (QED) is 0.191. The Morgan fingerprint density at radius 3 is 2.27 bits per heavy atom. The third kappa shape index (κ3) is 8.05. The van der Waals surface area contributed by atoms with Crippen LogP contribution in [0.4, 0.5) is 0 Å². The lowest BCUT2D eigenvalue weighted by Gasteiger charge is -2.25. The topological polar surface area (TPSA) is 83.9 Å². The molecule has 0 spiro atoms. The summed E-state index contributed by atoms with van der Waals surface area (Å²) in [5.41, 5.74) is 3.77. The third-order valence-corrected chi connectivity index (χ3v) is 8.87. The first-order valence-corrected chi connectivity index (χ1v) is 15.3. The summed E-state index contributed by atoms with van der Waals surface area (Å²) in [6.45, 7) is 5.40. The van der Waals surface area contributed by atoms with Crippen LogP contribution < -0.4 is 0 Å². The van der Waals surface area contributed by atoms with E-state index in [-0.39, 0.29) is 16.4 Å². The molecule has 6 nitrogen and oxygen atoms in total. The van der Waals surface area contributed by atoms with Crippen LogP contribution in [0.3, 0.4) is 0 Å². The molecule has 0 unspecified atom stereocenters. The van der Waals surface area contributed by atoms with Gasteiger partial charge < -0.3 is 9.84 Å². The van der Waals surface area contributed by atoms with Crippen LogP contribution in [0, 0.1) is 6.92 Å². The van der Waals surface area contributed by atoms with E-state index in [1.165, 1.54) is 18.2 Å². The zero-order valence-corrected chi connectivity index (χ0v) is 24.7. The number of sulfone groups is 1. The van der Waals surface area contributed by atoms with Gasteiger partial charge in [-0.3, -0.25) is 4.90 Å². The summed E-state index contributed by atoms with van der Waals surface area (Å²) >= 11 is 6.13. The lowest BCUT2D eigenvalue weighted by molar-refractivity contribution is 0.0525. The maximum atomic E-state index is 13.3. The van der Waals surface area contributed by atoms with E-state index in [0.29, 0.717) is 42.2 Å². The number of aliphatic hydroxyl groups is 1. The highest BCUT2D eigenvalue weighted by Crippen LogP contribution is 2.25. The minimum absolute atomic E-state index is 0.125. The number of rotatable bonds is 12. The van der Waals surface area contributed by atoms with Crippen LogP contribution in [0.1, 0.15) is 45.6 Å². The smallest absolute Gasteiger partial charge is 0.338 e.